The summed E-state index contributed by atoms with van der Waals surface area (Å²) in [4.78, 5) is 7.41. The first-order valence-electron chi connectivity index (χ1n) is 2.07. The van der Waals surface area contributed by atoms with E-state index in [2.05, 4.69) is 25.9 Å². The van der Waals surface area contributed by atoms with Crippen LogP contribution in [0.4, 0.5) is 0 Å². The van der Waals surface area contributed by atoms with Crippen molar-refractivity contribution in [2.24, 2.45) is 15.7 Å². The summed E-state index contributed by atoms with van der Waals surface area (Å²) in [6.07, 6.45) is 0. The average molecular weight is 178 g/mol. The number of amidine groups is 1. The molecule has 0 heterocycles. The van der Waals surface area contributed by atoms with Crippen LogP contribution < -0.4 is 5.73 Å². The lowest BCUT2D eigenvalue weighted by Gasteiger charge is -1.90. The van der Waals surface area contributed by atoms with Crippen LogP contribution in [-0.2, 0) is 0 Å². The summed E-state index contributed by atoms with van der Waals surface area (Å²) in [7, 11) is 3.25. The first-order chi connectivity index (χ1) is 3.72. The molecule has 0 aromatic carbocycles. The van der Waals surface area contributed by atoms with Gasteiger partial charge in [0.2, 0.25) is 0 Å². The van der Waals surface area contributed by atoms with Gasteiger partial charge in [-0.3, -0.25) is 9.98 Å². The maximum absolute atomic E-state index is 5.30. The monoisotopic (exact) mass is 177 g/mol. The highest BCUT2D eigenvalue weighted by Crippen LogP contribution is 1.86. The second kappa shape index (κ2) is 3.60. The molecule has 0 spiro atoms. The van der Waals surface area contributed by atoms with Crippen molar-refractivity contribution >= 4 is 26.4 Å². The minimum Gasteiger partial charge on any atom is -0.382 e. The molecule has 3 nitrogen and oxygen atoms in total. The van der Waals surface area contributed by atoms with Gasteiger partial charge in [-0.15, -0.1) is 0 Å². The lowest BCUT2D eigenvalue weighted by Crippen LogP contribution is -2.18. The van der Waals surface area contributed by atoms with Gasteiger partial charge in [0.05, 0.1) is 0 Å². The van der Waals surface area contributed by atoms with E-state index in [4.69, 9.17) is 5.73 Å². The lowest BCUT2D eigenvalue weighted by molar-refractivity contribution is 1.41. The van der Waals surface area contributed by atoms with Crippen LogP contribution in [0.25, 0.3) is 0 Å². The van der Waals surface area contributed by atoms with Gasteiger partial charge in [0, 0.05) is 14.1 Å². The summed E-state index contributed by atoms with van der Waals surface area (Å²) >= 11 is 3.10. The Kier molecular flexibility index (Phi) is 3.43. The highest BCUT2D eigenvalue weighted by atomic mass is 79.9. The lowest BCUT2D eigenvalue weighted by atomic mass is 10.7. The van der Waals surface area contributed by atoms with Crippen LogP contribution >= 0.6 is 15.9 Å². The van der Waals surface area contributed by atoms with Gasteiger partial charge >= 0.3 is 0 Å². The Morgan fingerprint density at radius 3 is 2.00 bits per heavy atom. The zero-order chi connectivity index (χ0) is 6.57. The van der Waals surface area contributed by atoms with Crippen LogP contribution in [0.2, 0.25) is 0 Å². The maximum atomic E-state index is 5.30. The van der Waals surface area contributed by atoms with E-state index in [1.54, 1.807) is 14.1 Å². The summed E-state index contributed by atoms with van der Waals surface area (Å²) < 4.78 is 0.597. The molecule has 0 saturated carbocycles. The molecule has 0 aromatic heterocycles. The molecule has 0 bridgehead atoms. The molecule has 0 unspecified atom stereocenters. The Labute approximate surface area is 56.8 Å². The zero-order valence-electron chi connectivity index (χ0n) is 4.85. The number of hydrogen-bond donors (Lipinski definition) is 1. The second-order valence-electron chi connectivity index (χ2n) is 1.12. The minimum absolute atomic E-state index is 0.424. The highest BCUT2D eigenvalue weighted by molar-refractivity contribution is 9.19. The largest absolute Gasteiger partial charge is 0.382 e. The maximum Gasteiger partial charge on any atom is 0.151 e. The molecule has 0 atom stereocenters. The smallest absolute Gasteiger partial charge is 0.151 e. The van der Waals surface area contributed by atoms with Crippen LogP contribution in [0.15, 0.2) is 9.98 Å². The molecule has 0 radical (unpaired) electrons. The van der Waals surface area contributed by atoms with E-state index >= 15 is 0 Å². The van der Waals surface area contributed by atoms with Gasteiger partial charge in [-0.25, -0.2) is 0 Å². The standard InChI is InChI=1S/C4H8BrN3/c1-7-3(5)4(6)8-2/h1-2H3,(H2,6,8)/b7-3+. The van der Waals surface area contributed by atoms with Gasteiger partial charge < -0.3 is 5.73 Å². The summed E-state index contributed by atoms with van der Waals surface area (Å²) in [6.45, 7) is 0. The Morgan fingerprint density at radius 1 is 1.38 bits per heavy atom. The molecule has 0 aromatic rings. The summed E-state index contributed by atoms with van der Waals surface area (Å²) in [5.74, 6) is 0.424. The third-order valence-electron chi connectivity index (χ3n) is 0.649. The van der Waals surface area contributed by atoms with Crippen molar-refractivity contribution in [1.29, 1.82) is 0 Å². The predicted octanol–water partition coefficient (Wildman–Crippen LogP) is 0.397. The first-order valence-corrected chi connectivity index (χ1v) is 2.86. The highest BCUT2D eigenvalue weighted by Gasteiger charge is 1.92. The number of nitrogens with two attached hydrogens (primary N) is 1. The number of halogens is 1. The molecular weight excluding hydrogens is 170 g/mol. The molecular formula is C4H8BrN3. The summed E-state index contributed by atoms with van der Waals surface area (Å²) in [5.41, 5.74) is 5.30. The molecule has 0 saturated heterocycles. The fraction of sp³-hybridized carbons (Fsp3) is 0.500. The van der Waals surface area contributed by atoms with Crippen molar-refractivity contribution in [1.82, 2.24) is 0 Å². The van der Waals surface area contributed by atoms with Crippen LogP contribution in [0.3, 0.4) is 0 Å². The first kappa shape index (κ1) is 7.62. The number of rotatable bonds is 1. The van der Waals surface area contributed by atoms with Crippen LogP contribution in [0.5, 0.6) is 0 Å². The molecule has 0 aliphatic carbocycles. The molecule has 4 heteroatoms. The topological polar surface area (TPSA) is 50.7 Å². The van der Waals surface area contributed by atoms with Crippen molar-refractivity contribution in [3.63, 3.8) is 0 Å². The van der Waals surface area contributed by atoms with Crippen molar-refractivity contribution in [2.45, 2.75) is 0 Å². The molecule has 0 aliphatic rings. The summed E-state index contributed by atoms with van der Waals surface area (Å²) in [5, 5.41) is 0. The van der Waals surface area contributed by atoms with Gasteiger partial charge in [-0.1, -0.05) is 0 Å². The van der Waals surface area contributed by atoms with Gasteiger partial charge in [0.25, 0.3) is 0 Å². The quantitative estimate of drug-likeness (QED) is 0.458. The molecule has 2 N–H and O–H groups in total. The number of nitrogens with zero attached hydrogens (tertiary/aromatic N) is 2. The Bertz CT molecular complexity index is 111. The summed E-state index contributed by atoms with van der Waals surface area (Å²) in [6, 6.07) is 0. The van der Waals surface area contributed by atoms with E-state index in [0.717, 1.165) is 0 Å². The SMILES string of the molecule is C/N=C(N)\C(Br)=N/C. The van der Waals surface area contributed by atoms with E-state index in [1.807, 2.05) is 0 Å². The zero-order valence-corrected chi connectivity index (χ0v) is 6.44. The second-order valence-corrected chi connectivity index (χ2v) is 1.87. The predicted molar refractivity (Wildman–Crippen MR) is 39.8 cm³/mol. The third-order valence-corrected chi connectivity index (χ3v) is 1.41. The van der Waals surface area contributed by atoms with E-state index in [1.165, 1.54) is 0 Å². The number of aliphatic imine (C=N–C) groups is 2. The third kappa shape index (κ3) is 2.07. The van der Waals surface area contributed by atoms with Crippen LogP contribution in [0, 0.1) is 0 Å². The van der Waals surface area contributed by atoms with Gasteiger partial charge in [-0.05, 0) is 15.9 Å². The van der Waals surface area contributed by atoms with E-state index in [9.17, 15) is 0 Å². The van der Waals surface area contributed by atoms with Crippen molar-refractivity contribution < 1.29 is 0 Å². The van der Waals surface area contributed by atoms with E-state index in [-0.39, 0.29) is 0 Å². The van der Waals surface area contributed by atoms with Crippen molar-refractivity contribution in [3.8, 4) is 0 Å². The van der Waals surface area contributed by atoms with Gasteiger partial charge in [-0.2, -0.15) is 0 Å². The van der Waals surface area contributed by atoms with Gasteiger partial charge in [0.1, 0.15) is 4.62 Å². The fourth-order valence-corrected chi connectivity index (χ4v) is 0.384. The molecule has 0 aliphatic heterocycles. The molecule has 0 amide bonds. The fourth-order valence-electron chi connectivity index (χ4n) is 0.207. The minimum atomic E-state index is 0.424. The Hall–Kier alpha value is -0.380. The van der Waals surface area contributed by atoms with Crippen molar-refractivity contribution in [3.05, 3.63) is 0 Å². The normalized spacial score (nSPS) is 14.4. The van der Waals surface area contributed by atoms with Crippen LogP contribution in [0.1, 0.15) is 0 Å². The molecule has 0 rings (SSSR count). The Balaban J connectivity index is 4.04. The van der Waals surface area contributed by atoms with E-state index < -0.39 is 0 Å². The molecule has 0 fully saturated rings. The van der Waals surface area contributed by atoms with Gasteiger partial charge in [0.15, 0.2) is 5.84 Å². The van der Waals surface area contributed by atoms with E-state index in [0.29, 0.717) is 10.5 Å². The molecule has 8 heavy (non-hydrogen) atoms. The Morgan fingerprint density at radius 2 is 1.88 bits per heavy atom. The van der Waals surface area contributed by atoms with Crippen LogP contribution in [-0.4, -0.2) is 24.6 Å². The van der Waals surface area contributed by atoms with Crippen molar-refractivity contribution in [2.75, 3.05) is 14.1 Å². The average Bonchev–Trinajstić information content (AvgIpc) is 1.84. The number of hydrogen-bond acceptors (Lipinski definition) is 2. The molecule has 46 valence electrons.